The van der Waals surface area contributed by atoms with Gasteiger partial charge in [-0.05, 0) is 86.5 Å². The molecule has 5 aliphatic rings. The number of azide groups is 1. The summed E-state index contributed by atoms with van der Waals surface area (Å²) in [5.41, 5.74) is 8.99. The largest absolute Gasteiger partial charge is 0.347 e. The molecule has 0 N–H and O–H groups in total. The van der Waals surface area contributed by atoms with Gasteiger partial charge in [0.05, 0.1) is 13.2 Å². The minimum Gasteiger partial charge on any atom is -0.347 e. The van der Waals surface area contributed by atoms with Crippen molar-refractivity contribution in [3.05, 3.63) is 10.4 Å². The third-order valence-electron chi connectivity index (χ3n) is 8.94. The summed E-state index contributed by atoms with van der Waals surface area (Å²) in [6.45, 7) is 4.03. The molecule has 4 aliphatic carbocycles. The quantitative estimate of drug-likeness (QED) is 0.378. The van der Waals surface area contributed by atoms with Gasteiger partial charge < -0.3 is 9.47 Å². The van der Waals surface area contributed by atoms with Gasteiger partial charge in [0.1, 0.15) is 0 Å². The monoisotopic (exact) mass is 345 g/mol. The summed E-state index contributed by atoms with van der Waals surface area (Å²) in [6, 6.07) is 0.256. The van der Waals surface area contributed by atoms with Crippen LogP contribution in [-0.4, -0.2) is 25.0 Å². The maximum absolute atomic E-state index is 8.77. The molecule has 5 heteroatoms. The highest BCUT2D eigenvalue weighted by atomic mass is 16.7. The van der Waals surface area contributed by atoms with E-state index in [4.69, 9.17) is 15.0 Å². The van der Waals surface area contributed by atoms with Crippen LogP contribution < -0.4 is 0 Å². The van der Waals surface area contributed by atoms with E-state index in [1.807, 2.05) is 0 Å². The topological polar surface area (TPSA) is 67.2 Å². The number of rotatable bonds is 1. The molecule has 7 atom stereocenters. The summed E-state index contributed by atoms with van der Waals surface area (Å²) in [5, 5.41) is 4.04. The minimum absolute atomic E-state index is 0.222. The van der Waals surface area contributed by atoms with E-state index in [2.05, 4.69) is 16.9 Å². The van der Waals surface area contributed by atoms with Crippen LogP contribution in [-0.2, 0) is 9.47 Å². The molecule has 138 valence electrons. The van der Waals surface area contributed by atoms with Crippen LogP contribution in [0, 0.1) is 35.0 Å². The molecule has 0 aromatic heterocycles. The lowest BCUT2D eigenvalue weighted by molar-refractivity contribution is -0.243. The van der Waals surface area contributed by atoms with Crippen LogP contribution in [0.5, 0.6) is 0 Å². The van der Waals surface area contributed by atoms with Gasteiger partial charge in [-0.2, -0.15) is 0 Å². The number of fused-ring (bicyclic) bond motifs is 6. The fourth-order valence-electron chi connectivity index (χ4n) is 7.89. The zero-order valence-corrected chi connectivity index (χ0v) is 15.4. The second-order valence-electron chi connectivity index (χ2n) is 9.55. The van der Waals surface area contributed by atoms with E-state index >= 15 is 0 Å². The van der Waals surface area contributed by atoms with Crippen molar-refractivity contribution >= 4 is 0 Å². The van der Waals surface area contributed by atoms with Gasteiger partial charge in [-0.25, -0.2) is 0 Å². The fourth-order valence-corrected chi connectivity index (χ4v) is 7.89. The summed E-state index contributed by atoms with van der Waals surface area (Å²) in [5.74, 6) is 3.93. The molecule has 0 unspecified atom stereocenters. The van der Waals surface area contributed by atoms with Gasteiger partial charge in [-0.3, -0.25) is 0 Å². The maximum Gasteiger partial charge on any atom is 0.174 e. The molecule has 5 rings (SSSR count). The number of hydrogen-bond donors (Lipinski definition) is 0. The van der Waals surface area contributed by atoms with Crippen LogP contribution >= 0.6 is 0 Å². The van der Waals surface area contributed by atoms with Gasteiger partial charge in [-0.1, -0.05) is 12.0 Å². The van der Waals surface area contributed by atoms with Crippen molar-refractivity contribution in [2.45, 2.75) is 76.5 Å². The highest BCUT2D eigenvalue weighted by molar-refractivity contribution is 5.10. The molecule has 1 spiro atoms. The van der Waals surface area contributed by atoms with Crippen molar-refractivity contribution < 1.29 is 9.47 Å². The molecule has 1 aliphatic heterocycles. The summed E-state index contributed by atoms with van der Waals surface area (Å²) in [7, 11) is 0. The molecule has 0 amide bonds. The Balaban J connectivity index is 1.37. The van der Waals surface area contributed by atoms with Crippen LogP contribution in [0.15, 0.2) is 5.11 Å². The van der Waals surface area contributed by atoms with Gasteiger partial charge >= 0.3 is 0 Å². The third-order valence-corrected chi connectivity index (χ3v) is 8.94. The molecule has 0 aromatic carbocycles. The highest BCUT2D eigenvalue weighted by Crippen LogP contribution is 2.67. The first kappa shape index (κ1) is 16.4. The Kier molecular flexibility index (Phi) is 3.85. The predicted molar refractivity (Wildman–Crippen MR) is 94.7 cm³/mol. The average molecular weight is 345 g/mol. The van der Waals surface area contributed by atoms with E-state index in [1.165, 1.54) is 38.5 Å². The predicted octanol–water partition coefficient (Wildman–Crippen LogP) is 5.06. The van der Waals surface area contributed by atoms with Crippen LogP contribution in [0.2, 0.25) is 0 Å². The average Bonchev–Trinajstić information content (AvgIpc) is 3.21. The summed E-state index contributed by atoms with van der Waals surface area (Å²) >= 11 is 0. The number of hydrogen-bond acceptors (Lipinski definition) is 3. The Labute approximate surface area is 150 Å². The van der Waals surface area contributed by atoms with Crippen molar-refractivity contribution in [2.75, 3.05) is 13.2 Å². The second kappa shape index (κ2) is 5.87. The lowest BCUT2D eigenvalue weighted by Gasteiger charge is -2.57. The van der Waals surface area contributed by atoms with E-state index in [0.29, 0.717) is 0 Å². The van der Waals surface area contributed by atoms with E-state index in [-0.39, 0.29) is 17.2 Å². The molecular weight excluding hydrogens is 314 g/mol. The molecule has 0 bridgehead atoms. The molecule has 5 fully saturated rings. The maximum atomic E-state index is 8.77. The van der Waals surface area contributed by atoms with Crippen molar-refractivity contribution in [3.63, 3.8) is 0 Å². The molecule has 4 saturated carbocycles. The standard InChI is InChI=1S/C20H31N3O2/c1-19-8-6-16-15-5-3-14(22-23-21)12-13(15)2-4-17(16)18(19)7-9-20(19)24-10-11-25-20/h13-18H,2-12H2,1H3/t13-,14+,15-,16+,17+,18-,19-/m0/s1. The van der Waals surface area contributed by atoms with Crippen LogP contribution in [0.4, 0.5) is 0 Å². The molecule has 0 radical (unpaired) electrons. The lowest BCUT2D eigenvalue weighted by atomic mass is 9.50. The summed E-state index contributed by atoms with van der Waals surface area (Å²) in [4.78, 5) is 3.07. The van der Waals surface area contributed by atoms with Crippen molar-refractivity contribution in [1.82, 2.24) is 0 Å². The Hall–Kier alpha value is -0.770. The molecule has 5 nitrogen and oxygen atoms in total. The zero-order chi connectivity index (χ0) is 17.1. The van der Waals surface area contributed by atoms with E-state index < -0.39 is 0 Å². The first-order valence-electron chi connectivity index (χ1n) is 10.5. The Morgan fingerprint density at radius 2 is 1.72 bits per heavy atom. The van der Waals surface area contributed by atoms with Crippen molar-refractivity contribution in [2.24, 2.45) is 40.1 Å². The molecule has 1 heterocycles. The SMILES string of the molecule is C[C@]12CC[C@H]3[C@@H](CC[C@H]4C[C@H](N=[N+]=[N-])CC[C@@H]43)[C@@H]1CCC21OCCO1. The lowest BCUT2D eigenvalue weighted by Crippen LogP contribution is -2.54. The van der Waals surface area contributed by atoms with E-state index in [0.717, 1.165) is 62.1 Å². The second-order valence-corrected chi connectivity index (χ2v) is 9.55. The zero-order valence-electron chi connectivity index (χ0n) is 15.4. The Bertz CT molecular complexity index is 583. The summed E-state index contributed by atoms with van der Waals surface area (Å²) < 4.78 is 12.5. The Morgan fingerprint density at radius 1 is 0.920 bits per heavy atom. The number of ether oxygens (including phenoxy) is 2. The van der Waals surface area contributed by atoms with Gasteiger partial charge in [0.25, 0.3) is 0 Å². The summed E-state index contributed by atoms with van der Waals surface area (Å²) in [6.07, 6.45) is 11.2. The van der Waals surface area contributed by atoms with E-state index in [1.54, 1.807) is 0 Å². The van der Waals surface area contributed by atoms with Crippen LogP contribution in [0.1, 0.15) is 64.7 Å². The number of nitrogens with zero attached hydrogens (tertiary/aromatic N) is 3. The molecule has 0 aromatic rings. The minimum atomic E-state index is -0.265. The first-order chi connectivity index (χ1) is 12.2. The smallest absolute Gasteiger partial charge is 0.174 e. The first-order valence-corrected chi connectivity index (χ1v) is 10.5. The van der Waals surface area contributed by atoms with Crippen molar-refractivity contribution in [3.8, 4) is 0 Å². The van der Waals surface area contributed by atoms with Crippen LogP contribution in [0.25, 0.3) is 10.4 Å². The highest BCUT2D eigenvalue weighted by Gasteiger charge is 2.65. The third kappa shape index (κ3) is 2.25. The van der Waals surface area contributed by atoms with E-state index in [9.17, 15) is 0 Å². The molecule has 25 heavy (non-hydrogen) atoms. The fraction of sp³-hybridized carbons (Fsp3) is 1.00. The van der Waals surface area contributed by atoms with Gasteiger partial charge in [0.15, 0.2) is 5.79 Å². The normalized spacial score (nSPS) is 50.6. The molecular formula is C20H31N3O2. The molecule has 1 saturated heterocycles. The van der Waals surface area contributed by atoms with Crippen molar-refractivity contribution in [1.29, 1.82) is 0 Å². The Morgan fingerprint density at radius 3 is 2.52 bits per heavy atom. The van der Waals surface area contributed by atoms with Gasteiger partial charge in [0, 0.05) is 22.8 Å². The van der Waals surface area contributed by atoms with Gasteiger partial charge in [-0.15, -0.1) is 0 Å². The van der Waals surface area contributed by atoms with Gasteiger partial charge in [0.2, 0.25) is 0 Å². The van der Waals surface area contributed by atoms with Crippen LogP contribution in [0.3, 0.4) is 0 Å².